The molecule has 14 bridgehead atoms. The van der Waals surface area contributed by atoms with Crippen LogP contribution in [0.1, 0.15) is 211 Å². The monoisotopic (exact) mass is 1170 g/mol. The Labute approximate surface area is 518 Å². The molecular formula is C78H82N6O4. The molecule has 4 N–H and O–H groups in total. The Balaban J connectivity index is 1.00. The lowest BCUT2D eigenvalue weighted by Gasteiger charge is -2.33. The molecule has 2 aromatic heterocycles. The third kappa shape index (κ3) is 11.8. The van der Waals surface area contributed by atoms with Gasteiger partial charge in [-0.25, -0.2) is 9.97 Å². The highest BCUT2D eigenvalue weighted by Gasteiger charge is 2.32. The lowest BCUT2D eigenvalue weighted by Crippen LogP contribution is -2.21. The number of aromatic nitrogens is 2. The molecule has 10 heterocycles. The zero-order valence-electron chi connectivity index (χ0n) is 53.0. The van der Waals surface area contributed by atoms with Crippen molar-refractivity contribution in [1.82, 2.24) is 9.97 Å². The Kier molecular flexibility index (Phi) is 16.3. The average Bonchev–Trinajstić information content (AvgIpc) is 1.04. The van der Waals surface area contributed by atoms with Crippen LogP contribution in [-0.2, 0) is 5.41 Å². The average molecular weight is 1170 g/mol. The van der Waals surface area contributed by atoms with Crippen LogP contribution in [0.3, 0.4) is 0 Å². The number of carbonyl (C=O) groups excluding carboxylic acids is 4. The highest BCUT2D eigenvalue weighted by Crippen LogP contribution is 2.46. The summed E-state index contributed by atoms with van der Waals surface area (Å²) in [5.74, 6) is -0.158. The van der Waals surface area contributed by atoms with E-state index in [4.69, 9.17) is 9.97 Å². The van der Waals surface area contributed by atoms with E-state index in [1.807, 2.05) is 72.8 Å². The summed E-state index contributed by atoms with van der Waals surface area (Å²) in [7, 11) is 0. The fraction of sp³-hybridized carbons (Fsp3) is 0.333. The number of pyridine rings is 2. The van der Waals surface area contributed by atoms with E-state index in [-0.39, 0.29) is 40.9 Å². The van der Waals surface area contributed by atoms with Crippen LogP contribution in [0.5, 0.6) is 0 Å². The lowest BCUT2D eigenvalue weighted by molar-refractivity contribution is 0.101. The van der Waals surface area contributed by atoms with Crippen LogP contribution >= 0.6 is 0 Å². The van der Waals surface area contributed by atoms with E-state index in [0.29, 0.717) is 67.3 Å². The largest absolute Gasteiger partial charge is 0.322 e. The summed E-state index contributed by atoms with van der Waals surface area (Å²) in [6.45, 7) is 22.9. The van der Waals surface area contributed by atoms with Gasteiger partial charge in [-0.3, -0.25) is 19.2 Å². The molecule has 7 aromatic carbocycles. The molecule has 4 amide bonds. The van der Waals surface area contributed by atoms with E-state index >= 15 is 9.59 Å². The molecule has 9 aromatic rings. The second-order valence-electron chi connectivity index (χ2n) is 26.9. The first kappa shape index (κ1) is 59.6. The Morgan fingerprint density at radius 1 is 0.364 bits per heavy atom. The second-order valence-corrected chi connectivity index (χ2v) is 26.9. The number of benzene rings is 7. The maximum absolute atomic E-state index is 15.0. The van der Waals surface area contributed by atoms with E-state index < -0.39 is 0 Å². The van der Waals surface area contributed by atoms with Crippen molar-refractivity contribution in [2.45, 2.75) is 158 Å². The summed E-state index contributed by atoms with van der Waals surface area (Å²) in [5.41, 5.74) is 19.9. The maximum atomic E-state index is 15.0. The van der Waals surface area contributed by atoms with Gasteiger partial charge in [0.15, 0.2) is 0 Å². The third-order valence-corrected chi connectivity index (χ3v) is 19.4. The van der Waals surface area contributed by atoms with Gasteiger partial charge in [-0.1, -0.05) is 144 Å². The zero-order chi connectivity index (χ0) is 61.9. The van der Waals surface area contributed by atoms with Gasteiger partial charge in [-0.2, -0.15) is 0 Å². The van der Waals surface area contributed by atoms with Gasteiger partial charge >= 0.3 is 0 Å². The number of hydrogen-bond acceptors (Lipinski definition) is 6. The molecule has 10 aliphatic rings. The molecular weight excluding hydrogens is 1080 g/mol. The zero-order valence-corrected chi connectivity index (χ0v) is 53.0. The predicted octanol–water partition coefficient (Wildman–Crippen LogP) is 19.0. The molecule has 0 radical (unpaired) electrons. The smallest absolute Gasteiger partial charge is 0.256 e. The lowest BCUT2D eigenvalue weighted by atomic mass is 9.72. The van der Waals surface area contributed by atoms with Gasteiger partial charge in [0.25, 0.3) is 23.6 Å². The summed E-state index contributed by atoms with van der Waals surface area (Å²) in [6, 6.07) is 42.5. The first-order chi connectivity index (χ1) is 42.2. The molecule has 2 fully saturated rings. The van der Waals surface area contributed by atoms with Crippen molar-refractivity contribution in [3.63, 3.8) is 0 Å². The number of rotatable bonds is 2. The van der Waals surface area contributed by atoms with Crippen LogP contribution in [0.4, 0.5) is 22.7 Å². The quantitative estimate of drug-likeness (QED) is 0.136. The van der Waals surface area contributed by atoms with Crippen molar-refractivity contribution in [2.75, 3.05) is 21.3 Å². The molecule has 448 valence electrons. The fourth-order valence-electron chi connectivity index (χ4n) is 14.9. The molecule has 10 nitrogen and oxygen atoms in total. The molecule has 0 spiro atoms. The molecule has 19 rings (SSSR count). The van der Waals surface area contributed by atoms with E-state index in [1.165, 1.54) is 35.1 Å². The van der Waals surface area contributed by atoms with Crippen molar-refractivity contribution < 1.29 is 19.2 Å². The van der Waals surface area contributed by atoms with Crippen LogP contribution in [0.2, 0.25) is 0 Å². The SMILES string of the molecule is Cc1cc2cc(C)c1NC(=O)c1cc(cc(C(C)(C)C)c1)C(=O)Nc1c(C)cc(cc1C)C(C1CCCCC1)c1cc(C)c(c(C)c1)NC(=O)c1cc(nc3ccccc13)-c1cc(c3ccccc3n1)C(=O)Nc1c(C)cc(cc1C)C2C1CCCCC1. The number of nitrogens with zero attached hydrogens (tertiary/aromatic N) is 2. The van der Waals surface area contributed by atoms with E-state index in [9.17, 15) is 9.59 Å². The molecule has 8 aliphatic heterocycles. The first-order valence-corrected chi connectivity index (χ1v) is 31.8. The topological polar surface area (TPSA) is 142 Å². The Morgan fingerprint density at radius 2 is 0.659 bits per heavy atom. The van der Waals surface area contributed by atoms with Gasteiger partial charge in [0.2, 0.25) is 0 Å². The van der Waals surface area contributed by atoms with Crippen LogP contribution < -0.4 is 21.3 Å². The minimum atomic E-state index is -0.361. The molecule has 88 heavy (non-hydrogen) atoms. The minimum Gasteiger partial charge on any atom is -0.322 e. The number of carbonyl (C=O) groups is 4. The summed E-state index contributed by atoms with van der Waals surface area (Å²) < 4.78 is 0. The predicted molar refractivity (Wildman–Crippen MR) is 360 cm³/mol. The standard InChI is InChI=1S/C78H82N6O4/c1-43-30-53-31-44(2)70(43)81-74(85)57-38-58(40-59(39-57)78(9,10)11)75(86)82-71-45(3)32-54(33-46(71)4)69(52-24-16-13-17-25-52)56-36-49(7)73(50(8)37-56)84-77(88)63-42-67(80-65-29-21-19-27-61(63)65)66-41-62(60-26-18-20-28-64(60)79-66)76(87)83-72-47(5)34-55(35-48(72)6)68(53)51-22-14-12-15-23-51/h18-21,26-42,51-52,68-69H,12-17,22-25H2,1-11H3,(H,81,85)(H,82,86)(H,83,87)(H,84,88). The highest BCUT2D eigenvalue weighted by molar-refractivity contribution is 6.15. The van der Waals surface area contributed by atoms with Crippen molar-refractivity contribution in [3.05, 3.63) is 222 Å². The van der Waals surface area contributed by atoms with Gasteiger partial charge in [0, 0.05) is 56.5 Å². The summed E-state index contributed by atoms with van der Waals surface area (Å²) in [5, 5.41) is 14.8. The first-order valence-electron chi connectivity index (χ1n) is 31.8. The maximum Gasteiger partial charge on any atom is 0.256 e. The van der Waals surface area contributed by atoms with E-state index in [0.717, 1.165) is 124 Å². The number of nitrogens with one attached hydrogen (secondary N) is 4. The molecule has 2 aliphatic carbocycles. The van der Waals surface area contributed by atoms with Gasteiger partial charge in [0.05, 0.1) is 33.5 Å². The van der Waals surface area contributed by atoms with Crippen LogP contribution in [0.15, 0.2) is 127 Å². The number of amides is 4. The third-order valence-electron chi connectivity index (χ3n) is 19.4. The number of para-hydroxylation sites is 2. The molecule has 2 saturated carbocycles. The van der Waals surface area contributed by atoms with Crippen molar-refractivity contribution in [1.29, 1.82) is 0 Å². The van der Waals surface area contributed by atoms with Gasteiger partial charge in [-0.05, 0) is 213 Å². The molecule has 0 saturated heterocycles. The van der Waals surface area contributed by atoms with E-state index in [1.54, 1.807) is 6.07 Å². The molecule has 10 heteroatoms. The van der Waals surface area contributed by atoms with E-state index in [2.05, 4.69) is 146 Å². The summed E-state index contributed by atoms with van der Waals surface area (Å²) in [6.07, 6.45) is 11.5. The number of anilines is 4. The normalized spacial score (nSPS) is 17.4. The van der Waals surface area contributed by atoms with Crippen molar-refractivity contribution in [3.8, 4) is 11.4 Å². The fourth-order valence-corrected chi connectivity index (χ4v) is 14.9. The summed E-state index contributed by atoms with van der Waals surface area (Å²) >= 11 is 0. The van der Waals surface area contributed by atoms with Gasteiger partial charge in [-0.15, -0.1) is 0 Å². The Hall–Kier alpha value is -8.76. The van der Waals surface area contributed by atoms with Crippen LogP contribution in [0, 0.1) is 67.2 Å². The Bertz CT molecular complexity index is 3950. The molecule has 2 atom stereocenters. The second kappa shape index (κ2) is 24.1. The van der Waals surface area contributed by atoms with Crippen LogP contribution in [0.25, 0.3) is 33.2 Å². The minimum absolute atomic E-state index is 0.0740. The van der Waals surface area contributed by atoms with Gasteiger partial charge < -0.3 is 21.3 Å². The number of fused-ring (bicyclic) bond motifs is 2. The van der Waals surface area contributed by atoms with Gasteiger partial charge in [0.1, 0.15) is 0 Å². The van der Waals surface area contributed by atoms with Crippen molar-refractivity contribution in [2.24, 2.45) is 11.8 Å². The highest BCUT2D eigenvalue weighted by atomic mass is 16.2. The molecule has 2 unspecified atom stereocenters. The van der Waals surface area contributed by atoms with Crippen LogP contribution in [-0.4, -0.2) is 33.6 Å². The Morgan fingerprint density at radius 3 is 0.966 bits per heavy atom. The summed E-state index contributed by atoms with van der Waals surface area (Å²) in [4.78, 5) is 69.8. The number of hydrogen-bond donors (Lipinski definition) is 4. The van der Waals surface area contributed by atoms with Crippen molar-refractivity contribution >= 4 is 68.2 Å². The number of aryl methyl sites for hydroxylation is 8.